The quantitative estimate of drug-likeness (QED) is 0.474. The Balaban J connectivity index is 1.66. The van der Waals surface area contributed by atoms with Crippen LogP contribution in [0.1, 0.15) is 28.9 Å². The van der Waals surface area contributed by atoms with Gasteiger partial charge >= 0.3 is 0 Å². The van der Waals surface area contributed by atoms with E-state index in [2.05, 4.69) is 20.6 Å². The highest BCUT2D eigenvalue weighted by Gasteiger charge is 2.11. The van der Waals surface area contributed by atoms with Crippen LogP contribution in [0.15, 0.2) is 54.9 Å². The lowest BCUT2D eigenvalue weighted by Gasteiger charge is -2.16. The number of nitrogens with zero attached hydrogens (tertiary/aromatic N) is 3. The monoisotopic (exact) mass is 435 g/mol. The molecular weight excluding hydrogens is 406 g/mol. The number of rotatable bonds is 9. The van der Waals surface area contributed by atoms with E-state index in [1.54, 1.807) is 30.6 Å². The highest BCUT2D eigenvalue weighted by molar-refractivity contribution is 5.94. The van der Waals surface area contributed by atoms with Gasteiger partial charge in [-0.2, -0.15) is 0 Å². The van der Waals surface area contributed by atoms with Crippen LogP contribution in [-0.4, -0.2) is 60.2 Å². The van der Waals surface area contributed by atoms with Crippen molar-refractivity contribution in [3.63, 3.8) is 0 Å². The Morgan fingerprint density at radius 2 is 1.91 bits per heavy atom. The number of aromatic nitrogens is 2. The summed E-state index contributed by atoms with van der Waals surface area (Å²) in [7, 11) is 5.44. The Hall–Kier alpha value is -3.65. The fraction of sp³-hybridized carbons (Fsp3) is 0.292. The van der Waals surface area contributed by atoms with Gasteiger partial charge < -0.3 is 25.4 Å². The average Bonchev–Trinajstić information content (AvgIpc) is 2.79. The van der Waals surface area contributed by atoms with Crippen LogP contribution in [-0.2, 0) is 0 Å². The molecule has 3 rings (SSSR count). The molecule has 1 unspecified atom stereocenters. The molecule has 0 aliphatic rings. The molecule has 1 amide bonds. The molecule has 1 aromatic heterocycles. The number of ether oxygens (including phenoxy) is 1. The molecule has 1 heterocycles. The Morgan fingerprint density at radius 1 is 1.16 bits per heavy atom. The topological polar surface area (TPSA) is 99.6 Å². The first-order valence-electron chi connectivity index (χ1n) is 10.4. The molecule has 2 aromatic carbocycles. The first-order valence-corrected chi connectivity index (χ1v) is 10.4. The number of hydrogen-bond donors (Lipinski definition) is 3. The maximum atomic E-state index is 12.2. The van der Waals surface area contributed by atoms with Gasteiger partial charge in [-0.3, -0.25) is 9.78 Å². The molecule has 3 aromatic rings. The number of likely N-dealkylation sites (N-methyl/N-ethyl adjacent to an activating group) is 1. The number of aromatic hydroxyl groups is 1. The van der Waals surface area contributed by atoms with Crippen molar-refractivity contribution in [1.82, 2.24) is 20.2 Å². The van der Waals surface area contributed by atoms with Crippen LogP contribution in [0.2, 0.25) is 0 Å². The van der Waals surface area contributed by atoms with E-state index in [0.29, 0.717) is 29.4 Å². The summed E-state index contributed by atoms with van der Waals surface area (Å²) in [6.45, 7) is 3.42. The Kier molecular flexibility index (Phi) is 7.62. The average molecular weight is 436 g/mol. The van der Waals surface area contributed by atoms with E-state index in [1.807, 2.05) is 50.2 Å². The number of benzene rings is 2. The molecule has 0 aliphatic carbocycles. The normalized spacial score (nSPS) is 11.8. The fourth-order valence-corrected chi connectivity index (χ4v) is 3.13. The smallest absolute Gasteiger partial charge is 0.251 e. The molecule has 0 bridgehead atoms. The largest absolute Gasteiger partial charge is 0.504 e. The lowest BCUT2D eigenvalue weighted by Crippen LogP contribution is -2.31. The zero-order valence-corrected chi connectivity index (χ0v) is 18.8. The standard InChI is InChI=1S/C24H29N5O3/c1-16(17-5-7-18(8-6-17)24(31)26-11-12-29(2)3)27-23-15-25-14-20(28-23)19-9-10-21(30)22(13-19)32-4/h5-10,13-16,30H,11-12H2,1-4H3,(H,26,31)(H,27,28). The van der Waals surface area contributed by atoms with Crippen molar-refractivity contribution in [2.24, 2.45) is 0 Å². The van der Waals surface area contributed by atoms with Gasteiger partial charge in [-0.25, -0.2) is 4.98 Å². The van der Waals surface area contributed by atoms with Gasteiger partial charge in [0, 0.05) is 30.3 Å². The van der Waals surface area contributed by atoms with E-state index < -0.39 is 0 Å². The molecule has 0 fully saturated rings. The van der Waals surface area contributed by atoms with Crippen molar-refractivity contribution in [2.75, 3.05) is 39.6 Å². The van der Waals surface area contributed by atoms with Crippen LogP contribution < -0.4 is 15.4 Å². The second-order valence-electron chi connectivity index (χ2n) is 7.72. The first kappa shape index (κ1) is 23.0. The molecule has 0 saturated carbocycles. The molecule has 8 heteroatoms. The SMILES string of the molecule is COc1cc(-c2cncc(NC(C)c3ccc(C(=O)NCCN(C)C)cc3)n2)ccc1O. The van der Waals surface area contributed by atoms with Crippen molar-refractivity contribution >= 4 is 11.7 Å². The third-order valence-electron chi connectivity index (χ3n) is 4.99. The molecule has 8 nitrogen and oxygen atoms in total. The summed E-state index contributed by atoms with van der Waals surface area (Å²) in [6, 6.07) is 12.5. The van der Waals surface area contributed by atoms with E-state index in [-0.39, 0.29) is 17.7 Å². The Morgan fingerprint density at radius 3 is 2.59 bits per heavy atom. The lowest BCUT2D eigenvalue weighted by molar-refractivity contribution is 0.0951. The predicted molar refractivity (Wildman–Crippen MR) is 125 cm³/mol. The maximum absolute atomic E-state index is 12.2. The fourth-order valence-electron chi connectivity index (χ4n) is 3.13. The minimum absolute atomic E-state index is 0.0419. The second kappa shape index (κ2) is 10.6. The molecule has 0 radical (unpaired) electrons. The van der Waals surface area contributed by atoms with Crippen molar-refractivity contribution in [1.29, 1.82) is 0 Å². The van der Waals surface area contributed by atoms with Crippen LogP contribution >= 0.6 is 0 Å². The molecule has 168 valence electrons. The zero-order chi connectivity index (χ0) is 23.1. The van der Waals surface area contributed by atoms with Crippen molar-refractivity contribution < 1.29 is 14.6 Å². The van der Waals surface area contributed by atoms with Crippen LogP contribution in [0, 0.1) is 0 Å². The molecule has 0 aliphatic heterocycles. The van der Waals surface area contributed by atoms with Gasteiger partial charge in [-0.15, -0.1) is 0 Å². The van der Waals surface area contributed by atoms with Gasteiger partial charge in [-0.05, 0) is 56.9 Å². The second-order valence-corrected chi connectivity index (χ2v) is 7.72. The summed E-state index contributed by atoms with van der Waals surface area (Å²) in [5.41, 5.74) is 3.09. The predicted octanol–water partition coefficient (Wildman–Crippen LogP) is 3.32. The summed E-state index contributed by atoms with van der Waals surface area (Å²) in [5.74, 6) is 0.985. The summed E-state index contributed by atoms with van der Waals surface area (Å²) < 4.78 is 5.17. The van der Waals surface area contributed by atoms with Crippen LogP contribution in [0.4, 0.5) is 5.82 Å². The van der Waals surface area contributed by atoms with E-state index in [9.17, 15) is 9.90 Å². The Labute approximate surface area is 188 Å². The number of methoxy groups -OCH3 is 1. The van der Waals surface area contributed by atoms with E-state index in [4.69, 9.17) is 4.74 Å². The van der Waals surface area contributed by atoms with Gasteiger partial charge in [0.25, 0.3) is 5.91 Å². The number of nitrogens with one attached hydrogen (secondary N) is 2. The number of anilines is 1. The van der Waals surface area contributed by atoms with E-state index in [0.717, 1.165) is 17.7 Å². The van der Waals surface area contributed by atoms with Gasteiger partial charge in [-0.1, -0.05) is 12.1 Å². The molecule has 32 heavy (non-hydrogen) atoms. The van der Waals surface area contributed by atoms with Gasteiger partial charge in [0.15, 0.2) is 11.5 Å². The minimum Gasteiger partial charge on any atom is -0.504 e. The summed E-state index contributed by atoms with van der Waals surface area (Å²) >= 11 is 0. The van der Waals surface area contributed by atoms with Crippen LogP contribution in [0.25, 0.3) is 11.3 Å². The van der Waals surface area contributed by atoms with Gasteiger partial charge in [0.2, 0.25) is 0 Å². The number of phenolic OH excluding ortho intramolecular Hbond substituents is 1. The Bertz CT molecular complexity index is 1050. The number of carbonyl (C=O) groups excluding carboxylic acids is 1. The lowest BCUT2D eigenvalue weighted by atomic mass is 10.1. The van der Waals surface area contributed by atoms with E-state index in [1.165, 1.54) is 7.11 Å². The van der Waals surface area contributed by atoms with Crippen LogP contribution in [0.5, 0.6) is 11.5 Å². The maximum Gasteiger partial charge on any atom is 0.251 e. The number of carbonyl (C=O) groups is 1. The van der Waals surface area contributed by atoms with Gasteiger partial charge in [0.1, 0.15) is 5.82 Å². The molecular formula is C24H29N5O3. The summed E-state index contributed by atoms with van der Waals surface area (Å²) in [5, 5.41) is 16.1. The minimum atomic E-state index is -0.0816. The molecule has 3 N–H and O–H groups in total. The van der Waals surface area contributed by atoms with Crippen molar-refractivity contribution in [3.8, 4) is 22.8 Å². The molecule has 0 spiro atoms. The third-order valence-corrected chi connectivity index (χ3v) is 4.99. The zero-order valence-electron chi connectivity index (χ0n) is 18.8. The highest BCUT2D eigenvalue weighted by atomic mass is 16.5. The number of hydrogen-bond acceptors (Lipinski definition) is 7. The van der Waals surface area contributed by atoms with Crippen LogP contribution in [0.3, 0.4) is 0 Å². The molecule has 0 saturated heterocycles. The molecule has 1 atom stereocenters. The number of amides is 1. The van der Waals surface area contributed by atoms with Crippen molar-refractivity contribution in [2.45, 2.75) is 13.0 Å². The van der Waals surface area contributed by atoms with E-state index >= 15 is 0 Å². The van der Waals surface area contributed by atoms with Crippen molar-refractivity contribution in [3.05, 3.63) is 66.0 Å². The van der Waals surface area contributed by atoms with Gasteiger partial charge in [0.05, 0.1) is 25.2 Å². The summed E-state index contributed by atoms with van der Waals surface area (Å²) in [6.07, 6.45) is 3.32. The highest BCUT2D eigenvalue weighted by Crippen LogP contribution is 2.31. The first-order chi connectivity index (χ1) is 15.4. The number of phenols is 1. The summed E-state index contributed by atoms with van der Waals surface area (Å²) in [4.78, 5) is 23.2. The third kappa shape index (κ3) is 5.95.